The van der Waals surface area contributed by atoms with Gasteiger partial charge in [0.05, 0.1) is 31.9 Å². The summed E-state index contributed by atoms with van der Waals surface area (Å²) in [5, 5.41) is 3.24. The van der Waals surface area contributed by atoms with Crippen molar-refractivity contribution in [2.75, 3.05) is 37.5 Å². The summed E-state index contributed by atoms with van der Waals surface area (Å²) in [6.45, 7) is 3.84. The van der Waals surface area contributed by atoms with Crippen molar-refractivity contribution in [3.63, 3.8) is 0 Å². The Morgan fingerprint density at radius 1 is 1.00 bits per heavy atom. The second-order valence-corrected chi connectivity index (χ2v) is 6.93. The maximum absolute atomic E-state index is 5.58. The smallest absolute Gasteiger partial charge is 0.322 e. The van der Waals surface area contributed by atoms with E-state index in [4.69, 9.17) is 9.47 Å². The summed E-state index contributed by atoms with van der Waals surface area (Å²) < 4.78 is 12.8. The number of benzene rings is 1. The van der Waals surface area contributed by atoms with Crippen molar-refractivity contribution in [3.8, 4) is 17.4 Å². The summed E-state index contributed by atoms with van der Waals surface area (Å²) in [5.74, 6) is 1.78. The zero-order chi connectivity index (χ0) is 20.2. The first kappa shape index (κ1) is 19.0. The fourth-order valence-corrected chi connectivity index (χ4v) is 3.38. The number of aryl methyl sites for hydroxylation is 1. The third kappa shape index (κ3) is 4.23. The van der Waals surface area contributed by atoms with E-state index in [-0.39, 0.29) is 0 Å². The minimum Gasteiger partial charge on any atom is -0.494 e. The van der Waals surface area contributed by atoms with Crippen molar-refractivity contribution in [3.05, 3.63) is 36.4 Å². The molecule has 0 spiro atoms. The lowest BCUT2D eigenvalue weighted by Gasteiger charge is -2.26. The summed E-state index contributed by atoms with van der Waals surface area (Å²) in [6.07, 6.45) is 7.24. The first-order valence-corrected chi connectivity index (χ1v) is 9.67. The van der Waals surface area contributed by atoms with Gasteiger partial charge in [-0.2, -0.15) is 15.0 Å². The summed E-state index contributed by atoms with van der Waals surface area (Å²) in [5.41, 5.74) is 2.65. The minimum absolute atomic E-state index is 0.292. The molecule has 9 nitrogen and oxygen atoms in total. The highest BCUT2D eigenvalue weighted by Crippen LogP contribution is 2.28. The number of anilines is 3. The fourth-order valence-electron chi connectivity index (χ4n) is 3.38. The van der Waals surface area contributed by atoms with Gasteiger partial charge in [-0.05, 0) is 38.3 Å². The lowest BCUT2D eigenvalue weighted by Crippen LogP contribution is -2.31. The van der Waals surface area contributed by atoms with Crippen LogP contribution in [0.25, 0.3) is 5.69 Å². The number of hydrogen-bond donors (Lipinski definition) is 1. The molecule has 1 aliphatic rings. The van der Waals surface area contributed by atoms with Crippen molar-refractivity contribution in [2.24, 2.45) is 0 Å². The van der Waals surface area contributed by atoms with Crippen LogP contribution in [-0.4, -0.2) is 51.8 Å². The summed E-state index contributed by atoms with van der Waals surface area (Å²) in [7, 11) is 3.21. The van der Waals surface area contributed by atoms with Crippen molar-refractivity contribution in [1.29, 1.82) is 0 Å². The van der Waals surface area contributed by atoms with Crippen molar-refractivity contribution in [1.82, 2.24) is 24.5 Å². The van der Waals surface area contributed by atoms with Gasteiger partial charge in [0.15, 0.2) is 0 Å². The first-order chi connectivity index (χ1) is 14.2. The number of piperidine rings is 1. The molecule has 29 heavy (non-hydrogen) atoms. The molecule has 0 saturated carbocycles. The first-order valence-electron chi connectivity index (χ1n) is 9.67. The Labute approximate surface area is 169 Å². The van der Waals surface area contributed by atoms with E-state index in [0.29, 0.717) is 23.7 Å². The van der Waals surface area contributed by atoms with Crippen LogP contribution in [0.2, 0.25) is 0 Å². The normalized spacial score (nSPS) is 14.0. The number of nitrogens with zero attached hydrogens (tertiary/aromatic N) is 6. The highest BCUT2D eigenvalue weighted by atomic mass is 16.5. The van der Waals surface area contributed by atoms with E-state index in [0.717, 1.165) is 43.0 Å². The van der Waals surface area contributed by atoms with E-state index in [1.165, 1.54) is 6.42 Å². The molecular weight excluding hydrogens is 370 g/mol. The number of rotatable bonds is 6. The molecule has 1 N–H and O–H groups in total. The number of hydrogen-bond acceptors (Lipinski definition) is 8. The lowest BCUT2D eigenvalue weighted by atomic mass is 10.1. The molecule has 0 unspecified atom stereocenters. The summed E-state index contributed by atoms with van der Waals surface area (Å²) >= 11 is 0. The predicted molar refractivity (Wildman–Crippen MR) is 111 cm³/mol. The molecule has 0 radical (unpaired) electrons. The highest BCUT2D eigenvalue weighted by Gasteiger charge is 2.17. The molecule has 152 valence electrons. The Balaban J connectivity index is 1.61. The van der Waals surface area contributed by atoms with Gasteiger partial charge in [0.2, 0.25) is 11.9 Å². The SMILES string of the molecule is COc1nc(Nc2ccc(-n3cnc(C)c3)c(OC)c2)nc(N2CCCCC2)n1. The van der Waals surface area contributed by atoms with E-state index < -0.39 is 0 Å². The summed E-state index contributed by atoms with van der Waals surface area (Å²) in [4.78, 5) is 19.8. The lowest BCUT2D eigenvalue weighted by molar-refractivity contribution is 0.378. The Bertz CT molecular complexity index is 983. The van der Waals surface area contributed by atoms with Crippen molar-refractivity contribution < 1.29 is 9.47 Å². The Morgan fingerprint density at radius 3 is 2.52 bits per heavy atom. The van der Waals surface area contributed by atoms with Gasteiger partial charge in [-0.3, -0.25) is 0 Å². The third-order valence-electron chi connectivity index (χ3n) is 4.85. The van der Waals surface area contributed by atoms with Crippen LogP contribution in [0, 0.1) is 6.92 Å². The molecule has 0 amide bonds. The number of nitrogens with one attached hydrogen (secondary N) is 1. The Morgan fingerprint density at radius 2 is 1.83 bits per heavy atom. The van der Waals surface area contributed by atoms with E-state index in [1.807, 2.05) is 35.9 Å². The molecule has 1 aliphatic heterocycles. The van der Waals surface area contributed by atoms with Crippen LogP contribution in [0.1, 0.15) is 25.0 Å². The third-order valence-corrected chi connectivity index (χ3v) is 4.85. The van der Waals surface area contributed by atoms with Crippen LogP contribution >= 0.6 is 0 Å². The van der Waals surface area contributed by atoms with Crippen molar-refractivity contribution in [2.45, 2.75) is 26.2 Å². The maximum Gasteiger partial charge on any atom is 0.322 e. The second kappa shape index (κ2) is 8.34. The molecule has 4 rings (SSSR count). The quantitative estimate of drug-likeness (QED) is 0.681. The van der Waals surface area contributed by atoms with Gasteiger partial charge in [-0.25, -0.2) is 4.98 Å². The van der Waals surface area contributed by atoms with E-state index in [1.54, 1.807) is 20.5 Å². The monoisotopic (exact) mass is 395 g/mol. The van der Waals surface area contributed by atoms with Gasteiger partial charge in [0.1, 0.15) is 5.75 Å². The van der Waals surface area contributed by atoms with E-state index in [9.17, 15) is 0 Å². The number of imidazole rings is 1. The van der Waals surface area contributed by atoms with Gasteiger partial charge in [-0.1, -0.05) is 0 Å². The van der Waals surface area contributed by atoms with Gasteiger partial charge < -0.3 is 24.3 Å². The maximum atomic E-state index is 5.58. The molecule has 1 saturated heterocycles. The zero-order valence-corrected chi connectivity index (χ0v) is 16.9. The van der Waals surface area contributed by atoms with E-state index >= 15 is 0 Å². The van der Waals surface area contributed by atoms with E-state index in [2.05, 4.69) is 30.2 Å². The van der Waals surface area contributed by atoms with Crippen LogP contribution in [-0.2, 0) is 0 Å². The number of aromatic nitrogens is 5. The average Bonchev–Trinajstić information content (AvgIpc) is 3.20. The average molecular weight is 395 g/mol. The zero-order valence-electron chi connectivity index (χ0n) is 16.9. The molecule has 3 heterocycles. The highest BCUT2D eigenvalue weighted by molar-refractivity contribution is 5.62. The van der Waals surface area contributed by atoms with Crippen molar-refractivity contribution >= 4 is 17.6 Å². The van der Waals surface area contributed by atoms with Crippen LogP contribution in [0.4, 0.5) is 17.6 Å². The second-order valence-electron chi connectivity index (χ2n) is 6.93. The minimum atomic E-state index is 0.292. The molecule has 0 aliphatic carbocycles. The molecule has 0 bridgehead atoms. The predicted octanol–water partition coefficient (Wildman–Crippen LogP) is 3.12. The van der Waals surface area contributed by atoms with Gasteiger partial charge in [0.25, 0.3) is 0 Å². The van der Waals surface area contributed by atoms with Crippen LogP contribution in [0.5, 0.6) is 11.8 Å². The molecule has 9 heteroatoms. The van der Waals surface area contributed by atoms with Crippen LogP contribution in [0.15, 0.2) is 30.7 Å². The number of methoxy groups -OCH3 is 2. The standard InChI is InChI=1S/C20H25N7O2/c1-14-12-27(13-21-14)16-8-7-15(11-17(16)28-2)22-18-23-19(25-20(24-18)29-3)26-9-5-4-6-10-26/h7-8,11-13H,4-6,9-10H2,1-3H3,(H,22,23,24,25). The Kier molecular flexibility index (Phi) is 5.46. The molecular formula is C20H25N7O2. The topological polar surface area (TPSA) is 90.2 Å². The number of ether oxygens (including phenoxy) is 2. The largest absolute Gasteiger partial charge is 0.494 e. The Hall–Kier alpha value is -3.36. The fraction of sp³-hybridized carbons (Fsp3) is 0.400. The van der Waals surface area contributed by atoms with Gasteiger partial charge in [-0.15, -0.1) is 0 Å². The molecule has 2 aromatic heterocycles. The molecule has 1 fully saturated rings. The molecule has 0 atom stereocenters. The molecule has 1 aromatic carbocycles. The summed E-state index contributed by atoms with van der Waals surface area (Å²) in [6, 6.07) is 6.11. The van der Waals surface area contributed by atoms with Crippen LogP contribution in [0.3, 0.4) is 0 Å². The van der Waals surface area contributed by atoms with Gasteiger partial charge in [0, 0.05) is 31.0 Å². The van der Waals surface area contributed by atoms with Crippen LogP contribution < -0.4 is 19.7 Å². The van der Waals surface area contributed by atoms with Gasteiger partial charge >= 0.3 is 6.01 Å². The molecule has 3 aromatic rings.